The number of nitrogens with one attached hydrogen (secondary N) is 1. The van der Waals surface area contributed by atoms with Crippen molar-refractivity contribution in [1.82, 2.24) is 0 Å². The second-order valence-electron chi connectivity index (χ2n) is 4.79. The molecule has 2 aromatic carbocycles. The predicted molar refractivity (Wildman–Crippen MR) is 96.3 cm³/mol. The average molecular weight is 361 g/mol. The standard InChI is InChI=1S/C18H14Cl2N2O2/c1-2-24-17-8-12(7-15(20)10-17)6-13(11-21)18(23)22-16-5-3-4-14(19)9-16/h3-10H,2H2,1H3,(H,22,23)/b13-6+. The monoisotopic (exact) mass is 360 g/mol. The van der Waals surface area contributed by atoms with Gasteiger partial charge in [0.1, 0.15) is 17.4 Å². The maximum atomic E-state index is 12.2. The Kier molecular flexibility index (Phi) is 6.25. The highest BCUT2D eigenvalue weighted by atomic mass is 35.5. The number of benzene rings is 2. The van der Waals surface area contributed by atoms with Crippen LogP contribution < -0.4 is 10.1 Å². The molecular formula is C18H14Cl2N2O2. The van der Waals surface area contributed by atoms with E-state index in [0.717, 1.165) is 0 Å². The molecule has 122 valence electrons. The van der Waals surface area contributed by atoms with Gasteiger partial charge < -0.3 is 10.1 Å². The number of rotatable bonds is 5. The lowest BCUT2D eigenvalue weighted by Gasteiger charge is -2.07. The van der Waals surface area contributed by atoms with Crippen LogP contribution in [0.3, 0.4) is 0 Å². The molecule has 0 aliphatic carbocycles. The quantitative estimate of drug-likeness (QED) is 0.606. The molecule has 2 aromatic rings. The first-order valence-electron chi connectivity index (χ1n) is 7.14. The summed E-state index contributed by atoms with van der Waals surface area (Å²) < 4.78 is 5.40. The van der Waals surface area contributed by atoms with E-state index < -0.39 is 5.91 Å². The first-order valence-corrected chi connectivity index (χ1v) is 7.89. The van der Waals surface area contributed by atoms with Gasteiger partial charge in [0.25, 0.3) is 5.91 Å². The Labute approximate surface area is 150 Å². The lowest BCUT2D eigenvalue weighted by atomic mass is 10.1. The van der Waals surface area contributed by atoms with Crippen molar-refractivity contribution in [2.24, 2.45) is 0 Å². The van der Waals surface area contributed by atoms with Crippen LogP contribution in [-0.2, 0) is 4.79 Å². The normalized spacial score (nSPS) is 10.8. The summed E-state index contributed by atoms with van der Waals surface area (Å²) >= 11 is 11.9. The highest BCUT2D eigenvalue weighted by Gasteiger charge is 2.10. The van der Waals surface area contributed by atoms with E-state index in [0.29, 0.717) is 33.7 Å². The number of hydrogen-bond acceptors (Lipinski definition) is 3. The SMILES string of the molecule is CCOc1cc(Cl)cc(/C=C(\C#N)C(=O)Nc2cccc(Cl)c2)c1. The maximum absolute atomic E-state index is 12.2. The van der Waals surface area contributed by atoms with Crippen molar-refractivity contribution in [3.05, 3.63) is 63.6 Å². The first kappa shape index (κ1) is 17.9. The molecule has 0 unspecified atom stereocenters. The van der Waals surface area contributed by atoms with E-state index >= 15 is 0 Å². The second-order valence-corrected chi connectivity index (χ2v) is 5.66. The molecule has 0 saturated carbocycles. The van der Waals surface area contributed by atoms with Crippen molar-refractivity contribution in [3.63, 3.8) is 0 Å². The van der Waals surface area contributed by atoms with Gasteiger partial charge >= 0.3 is 0 Å². The number of halogens is 2. The molecule has 4 nitrogen and oxygen atoms in total. The van der Waals surface area contributed by atoms with Crippen LogP contribution in [0, 0.1) is 11.3 Å². The van der Waals surface area contributed by atoms with Crippen molar-refractivity contribution in [1.29, 1.82) is 5.26 Å². The number of hydrogen-bond donors (Lipinski definition) is 1. The van der Waals surface area contributed by atoms with Crippen LogP contribution in [0.25, 0.3) is 6.08 Å². The molecule has 0 fully saturated rings. The highest BCUT2D eigenvalue weighted by Crippen LogP contribution is 2.23. The Hall–Kier alpha value is -2.48. The van der Waals surface area contributed by atoms with Gasteiger partial charge in [0, 0.05) is 15.7 Å². The van der Waals surface area contributed by atoms with Crippen LogP contribution in [0.15, 0.2) is 48.0 Å². The van der Waals surface area contributed by atoms with E-state index in [1.807, 2.05) is 13.0 Å². The summed E-state index contributed by atoms with van der Waals surface area (Å²) in [5.41, 5.74) is 1.05. The Morgan fingerprint density at radius 2 is 2.04 bits per heavy atom. The molecule has 0 bridgehead atoms. The zero-order valence-corrected chi connectivity index (χ0v) is 14.4. The molecule has 0 spiro atoms. The Morgan fingerprint density at radius 3 is 2.71 bits per heavy atom. The van der Waals surface area contributed by atoms with E-state index in [-0.39, 0.29) is 5.57 Å². The third-order valence-electron chi connectivity index (χ3n) is 2.96. The van der Waals surface area contributed by atoms with Crippen LogP contribution in [-0.4, -0.2) is 12.5 Å². The summed E-state index contributed by atoms with van der Waals surface area (Å²) in [6, 6.07) is 13.6. The summed E-state index contributed by atoms with van der Waals surface area (Å²) in [6.45, 7) is 2.35. The zero-order chi connectivity index (χ0) is 17.5. The maximum Gasteiger partial charge on any atom is 0.266 e. The summed E-state index contributed by atoms with van der Waals surface area (Å²) in [5, 5.41) is 12.8. The van der Waals surface area contributed by atoms with Crippen molar-refractivity contribution < 1.29 is 9.53 Å². The average Bonchev–Trinajstić information content (AvgIpc) is 2.52. The van der Waals surface area contributed by atoms with E-state index in [4.69, 9.17) is 27.9 Å². The molecule has 2 rings (SSSR count). The van der Waals surface area contributed by atoms with Gasteiger partial charge in [-0.2, -0.15) is 5.26 Å². The number of nitrogens with zero attached hydrogens (tertiary/aromatic N) is 1. The third-order valence-corrected chi connectivity index (χ3v) is 3.42. The fraction of sp³-hybridized carbons (Fsp3) is 0.111. The Morgan fingerprint density at radius 1 is 1.25 bits per heavy atom. The lowest BCUT2D eigenvalue weighted by Crippen LogP contribution is -2.13. The molecule has 1 N–H and O–H groups in total. The second kappa shape index (κ2) is 8.39. The molecule has 1 amide bonds. The van der Waals surface area contributed by atoms with Crippen LogP contribution >= 0.6 is 23.2 Å². The highest BCUT2D eigenvalue weighted by molar-refractivity contribution is 6.31. The fourth-order valence-electron chi connectivity index (χ4n) is 2.00. The van der Waals surface area contributed by atoms with Crippen molar-refractivity contribution in [2.45, 2.75) is 6.92 Å². The topological polar surface area (TPSA) is 62.1 Å². The molecular weight excluding hydrogens is 347 g/mol. The number of ether oxygens (including phenoxy) is 1. The van der Waals surface area contributed by atoms with Gasteiger partial charge in [-0.3, -0.25) is 4.79 Å². The molecule has 0 aromatic heterocycles. The molecule has 0 aliphatic rings. The summed E-state index contributed by atoms with van der Waals surface area (Å²) in [5.74, 6) is 0.0430. The summed E-state index contributed by atoms with van der Waals surface area (Å²) in [6.07, 6.45) is 1.45. The van der Waals surface area contributed by atoms with Gasteiger partial charge in [-0.05, 0) is 55.0 Å². The summed E-state index contributed by atoms with van der Waals surface area (Å²) in [4.78, 5) is 12.2. The van der Waals surface area contributed by atoms with E-state index in [9.17, 15) is 10.1 Å². The molecule has 0 atom stereocenters. The zero-order valence-electron chi connectivity index (χ0n) is 12.8. The molecule has 6 heteroatoms. The van der Waals surface area contributed by atoms with E-state index in [1.54, 1.807) is 42.5 Å². The predicted octanol–water partition coefficient (Wildman–Crippen LogP) is 4.94. The number of amides is 1. The first-order chi connectivity index (χ1) is 11.5. The lowest BCUT2D eigenvalue weighted by molar-refractivity contribution is -0.112. The number of carbonyl (C=O) groups is 1. The van der Waals surface area contributed by atoms with E-state index in [2.05, 4.69) is 5.32 Å². The van der Waals surface area contributed by atoms with Gasteiger partial charge in [-0.1, -0.05) is 29.3 Å². The van der Waals surface area contributed by atoms with Gasteiger partial charge in [-0.15, -0.1) is 0 Å². The number of nitriles is 1. The van der Waals surface area contributed by atoms with Crippen molar-refractivity contribution in [2.75, 3.05) is 11.9 Å². The Balaban J connectivity index is 2.25. The molecule has 24 heavy (non-hydrogen) atoms. The fourth-order valence-corrected chi connectivity index (χ4v) is 2.42. The molecule has 0 saturated heterocycles. The number of anilines is 1. The van der Waals surface area contributed by atoms with Gasteiger partial charge in [0.05, 0.1) is 6.61 Å². The van der Waals surface area contributed by atoms with Crippen LogP contribution in [0.4, 0.5) is 5.69 Å². The van der Waals surface area contributed by atoms with Crippen molar-refractivity contribution in [3.8, 4) is 11.8 Å². The minimum atomic E-state index is -0.530. The molecule has 0 heterocycles. The van der Waals surface area contributed by atoms with Crippen LogP contribution in [0.2, 0.25) is 10.0 Å². The largest absolute Gasteiger partial charge is 0.494 e. The minimum absolute atomic E-state index is 0.0558. The molecule has 0 radical (unpaired) electrons. The minimum Gasteiger partial charge on any atom is -0.494 e. The Bertz CT molecular complexity index is 826. The molecule has 0 aliphatic heterocycles. The van der Waals surface area contributed by atoms with Gasteiger partial charge in [-0.25, -0.2) is 0 Å². The van der Waals surface area contributed by atoms with Crippen LogP contribution in [0.1, 0.15) is 12.5 Å². The van der Waals surface area contributed by atoms with Gasteiger partial charge in [0.2, 0.25) is 0 Å². The number of carbonyl (C=O) groups excluding carboxylic acids is 1. The third kappa shape index (κ3) is 5.02. The van der Waals surface area contributed by atoms with Gasteiger partial charge in [0.15, 0.2) is 0 Å². The van der Waals surface area contributed by atoms with Crippen LogP contribution in [0.5, 0.6) is 5.75 Å². The summed E-state index contributed by atoms with van der Waals surface area (Å²) in [7, 11) is 0. The van der Waals surface area contributed by atoms with E-state index in [1.165, 1.54) is 6.08 Å². The van der Waals surface area contributed by atoms with Crippen molar-refractivity contribution >= 4 is 40.9 Å². The smallest absolute Gasteiger partial charge is 0.266 e.